The van der Waals surface area contributed by atoms with Gasteiger partial charge in [0.05, 0.1) is 0 Å². The summed E-state index contributed by atoms with van der Waals surface area (Å²) < 4.78 is 16.7. The van der Waals surface area contributed by atoms with E-state index in [1.54, 1.807) is 0 Å². The summed E-state index contributed by atoms with van der Waals surface area (Å²) in [5.74, 6) is -0.851. The van der Waals surface area contributed by atoms with E-state index < -0.39 is 6.10 Å². The molecular weight excluding hydrogens is 817 g/mol. The van der Waals surface area contributed by atoms with Crippen LogP contribution in [0.1, 0.15) is 348 Å². The summed E-state index contributed by atoms with van der Waals surface area (Å²) in [6, 6.07) is 0. The lowest BCUT2D eigenvalue weighted by molar-refractivity contribution is -0.167. The maximum atomic E-state index is 12.8. The van der Waals surface area contributed by atoms with Crippen LogP contribution >= 0.6 is 0 Å². The summed E-state index contributed by atoms with van der Waals surface area (Å²) >= 11 is 0. The molecular formula is C60H116O6. The average molecular weight is 934 g/mol. The zero-order valence-electron chi connectivity index (χ0n) is 45.0. The molecule has 0 N–H and O–H groups in total. The van der Waals surface area contributed by atoms with Crippen LogP contribution < -0.4 is 0 Å². The Bertz CT molecular complexity index is 982. The zero-order valence-corrected chi connectivity index (χ0v) is 45.0. The molecule has 0 spiro atoms. The first-order valence-electron chi connectivity index (χ1n) is 30.0. The van der Waals surface area contributed by atoms with E-state index in [9.17, 15) is 14.4 Å². The molecule has 0 aliphatic heterocycles. The number of carbonyl (C=O) groups excluding carboxylic acids is 3. The van der Waals surface area contributed by atoms with Gasteiger partial charge in [0.2, 0.25) is 0 Å². The van der Waals surface area contributed by atoms with E-state index in [0.29, 0.717) is 19.3 Å². The van der Waals surface area contributed by atoms with Crippen molar-refractivity contribution in [3.05, 3.63) is 0 Å². The molecule has 0 radical (unpaired) electrons. The maximum Gasteiger partial charge on any atom is 0.306 e. The number of carbonyl (C=O) groups is 3. The first-order chi connectivity index (χ1) is 32.5. The van der Waals surface area contributed by atoms with Crippen LogP contribution in [0.3, 0.4) is 0 Å². The highest BCUT2D eigenvalue weighted by Crippen LogP contribution is 2.18. The van der Waals surface area contributed by atoms with Gasteiger partial charge >= 0.3 is 17.9 Å². The Morgan fingerprint density at radius 3 is 0.606 bits per heavy atom. The fourth-order valence-corrected chi connectivity index (χ4v) is 9.33. The molecule has 0 aliphatic carbocycles. The van der Waals surface area contributed by atoms with Crippen LogP contribution in [0, 0.1) is 0 Å². The smallest absolute Gasteiger partial charge is 0.306 e. The minimum Gasteiger partial charge on any atom is -0.462 e. The van der Waals surface area contributed by atoms with Crippen molar-refractivity contribution in [3.8, 4) is 0 Å². The van der Waals surface area contributed by atoms with Gasteiger partial charge in [0, 0.05) is 19.3 Å². The average Bonchev–Trinajstić information content (AvgIpc) is 3.31. The molecule has 6 nitrogen and oxygen atoms in total. The predicted octanol–water partition coefficient (Wildman–Crippen LogP) is 19.9. The maximum absolute atomic E-state index is 12.8. The summed E-state index contributed by atoms with van der Waals surface area (Å²) in [6.45, 7) is 6.62. The Kier molecular flexibility index (Phi) is 54.7. The van der Waals surface area contributed by atoms with Gasteiger partial charge in [-0.2, -0.15) is 0 Å². The van der Waals surface area contributed by atoms with Gasteiger partial charge < -0.3 is 14.2 Å². The summed E-state index contributed by atoms with van der Waals surface area (Å²) in [5, 5.41) is 0. The lowest BCUT2D eigenvalue weighted by Gasteiger charge is -2.18. The molecule has 66 heavy (non-hydrogen) atoms. The van der Waals surface area contributed by atoms with Gasteiger partial charge in [-0.05, 0) is 19.3 Å². The van der Waals surface area contributed by atoms with Crippen molar-refractivity contribution in [1.82, 2.24) is 0 Å². The van der Waals surface area contributed by atoms with E-state index >= 15 is 0 Å². The van der Waals surface area contributed by atoms with E-state index in [1.807, 2.05) is 0 Å². The predicted molar refractivity (Wildman–Crippen MR) is 284 cm³/mol. The Labute approximate surface area is 412 Å². The molecule has 1 unspecified atom stereocenters. The lowest BCUT2D eigenvalue weighted by atomic mass is 10.0. The zero-order chi connectivity index (χ0) is 47.9. The van der Waals surface area contributed by atoms with Crippen molar-refractivity contribution in [2.75, 3.05) is 13.2 Å². The normalized spacial score (nSPS) is 11.9. The second-order valence-electron chi connectivity index (χ2n) is 20.6. The fourth-order valence-electron chi connectivity index (χ4n) is 9.33. The molecule has 0 aromatic rings. The number of rotatable bonds is 56. The summed E-state index contributed by atoms with van der Waals surface area (Å²) in [7, 11) is 0. The van der Waals surface area contributed by atoms with Crippen molar-refractivity contribution in [2.45, 2.75) is 354 Å². The second-order valence-corrected chi connectivity index (χ2v) is 20.6. The molecule has 0 saturated carbocycles. The SMILES string of the molecule is CCCCCCCCCCCCCCCCCCCCCCCCCCCCCC(=O)OCC(COC(=O)CCCCCCC)OC(=O)CCCCCCCCCCCCCCCCCC. The molecule has 0 aliphatic rings. The molecule has 0 bridgehead atoms. The molecule has 0 aromatic heterocycles. The van der Waals surface area contributed by atoms with Gasteiger partial charge in [-0.1, -0.05) is 310 Å². The van der Waals surface area contributed by atoms with Crippen molar-refractivity contribution >= 4 is 17.9 Å². The first kappa shape index (κ1) is 64.4. The Hall–Kier alpha value is -1.59. The standard InChI is InChI=1S/C60H116O6/c1-4-7-10-13-15-17-19-21-23-25-26-27-28-29-30-31-32-33-34-35-37-38-40-42-44-47-50-53-59(62)65-56-57(55-64-58(61)52-49-46-12-9-6-3)66-60(63)54-51-48-45-43-41-39-36-24-22-20-18-16-14-11-8-5-2/h57H,4-56H2,1-3H3. The Morgan fingerprint density at radius 2 is 0.409 bits per heavy atom. The van der Waals surface area contributed by atoms with Crippen LogP contribution in [-0.4, -0.2) is 37.2 Å². The van der Waals surface area contributed by atoms with Crippen LogP contribution in [0.15, 0.2) is 0 Å². The Morgan fingerprint density at radius 1 is 0.242 bits per heavy atom. The van der Waals surface area contributed by atoms with E-state index in [-0.39, 0.29) is 31.1 Å². The monoisotopic (exact) mass is 933 g/mol. The minimum absolute atomic E-state index is 0.0627. The van der Waals surface area contributed by atoms with Crippen molar-refractivity contribution in [2.24, 2.45) is 0 Å². The summed E-state index contributed by atoms with van der Waals surface area (Å²) in [4.78, 5) is 37.8. The van der Waals surface area contributed by atoms with Crippen LogP contribution in [0.25, 0.3) is 0 Å². The van der Waals surface area contributed by atoms with Crippen molar-refractivity contribution in [3.63, 3.8) is 0 Å². The van der Waals surface area contributed by atoms with Crippen molar-refractivity contribution < 1.29 is 28.6 Å². The van der Waals surface area contributed by atoms with Crippen LogP contribution in [0.4, 0.5) is 0 Å². The Balaban J connectivity index is 3.94. The molecule has 0 aromatic carbocycles. The van der Waals surface area contributed by atoms with Gasteiger partial charge in [-0.15, -0.1) is 0 Å². The third-order valence-electron chi connectivity index (χ3n) is 13.9. The van der Waals surface area contributed by atoms with E-state index in [2.05, 4.69) is 20.8 Å². The van der Waals surface area contributed by atoms with Gasteiger partial charge in [-0.25, -0.2) is 0 Å². The molecule has 0 saturated heterocycles. The highest BCUT2D eigenvalue weighted by atomic mass is 16.6. The van der Waals surface area contributed by atoms with E-state index in [4.69, 9.17) is 14.2 Å². The van der Waals surface area contributed by atoms with Gasteiger partial charge in [0.15, 0.2) is 6.10 Å². The molecule has 0 fully saturated rings. The van der Waals surface area contributed by atoms with Gasteiger partial charge in [0.25, 0.3) is 0 Å². The third kappa shape index (κ3) is 53.4. The molecule has 0 rings (SSSR count). The number of ether oxygens (including phenoxy) is 3. The van der Waals surface area contributed by atoms with Gasteiger partial charge in [0.1, 0.15) is 13.2 Å². The largest absolute Gasteiger partial charge is 0.462 e. The topological polar surface area (TPSA) is 78.9 Å². The number of hydrogen-bond acceptors (Lipinski definition) is 6. The summed E-state index contributed by atoms with van der Waals surface area (Å²) in [6.07, 6.45) is 63.0. The number of esters is 3. The fraction of sp³-hybridized carbons (Fsp3) is 0.950. The van der Waals surface area contributed by atoms with Crippen molar-refractivity contribution in [1.29, 1.82) is 0 Å². The molecule has 0 heterocycles. The summed E-state index contributed by atoms with van der Waals surface area (Å²) in [5.41, 5.74) is 0. The molecule has 6 heteroatoms. The minimum atomic E-state index is -0.759. The number of unbranched alkanes of at least 4 members (excludes halogenated alkanes) is 45. The van der Waals surface area contributed by atoms with E-state index in [1.165, 1.54) is 244 Å². The number of hydrogen-bond donors (Lipinski definition) is 0. The van der Waals surface area contributed by atoms with Gasteiger partial charge in [-0.3, -0.25) is 14.4 Å². The quantitative estimate of drug-likeness (QED) is 0.0343. The second kappa shape index (κ2) is 56.0. The van der Waals surface area contributed by atoms with Crippen LogP contribution in [-0.2, 0) is 28.6 Å². The highest BCUT2D eigenvalue weighted by molar-refractivity contribution is 5.71. The van der Waals surface area contributed by atoms with Crippen LogP contribution in [0.2, 0.25) is 0 Å². The molecule has 0 amide bonds. The first-order valence-corrected chi connectivity index (χ1v) is 30.0. The third-order valence-corrected chi connectivity index (χ3v) is 13.9. The molecule has 392 valence electrons. The highest BCUT2D eigenvalue weighted by Gasteiger charge is 2.19. The van der Waals surface area contributed by atoms with Crippen LogP contribution in [0.5, 0.6) is 0 Å². The molecule has 1 atom stereocenters. The van der Waals surface area contributed by atoms with E-state index in [0.717, 1.165) is 64.2 Å². The lowest BCUT2D eigenvalue weighted by Crippen LogP contribution is -2.30.